The van der Waals surface area contributed by atoms with E-state index in [2.05, 4.69) is 15.1 Å². The molecule has 0 spiro atoms. The molecular formula is C35H35ClFN7O6S. The zero-order chi connectivity index (χ0) is 36.4. The highest BCUT2D eigenvalue weighted by Crippen LogP contribution is 2.60. The zero-order valence-electron chi connectivity index (χ0n) is 27.7. The number of piperidine rings is 1. The van der Waals surface area contributed by atoms with E-state index in [-0.39, 0.29) is 44.9 Å². The predicted molar refractivity (Wildman–Crippen MR) is 188 cm³/mol. The van der Waals surface area contributed by atoms with Gasteiger partial charge in [-0.05, 0) is 70.1 Å². The molecule has 4 amide bonds. The van der Waals surface area contributed by atoms with Crippen molar-refractivity contribution in [3.05, 3.63) is 82.8 Å². The second-order valence-electron chi connectivity index (χ2n) is 13.8. The molecule has 16 heteroatoms. The summed E-state index contributed by atoms with van der Waals surface area (Å²) < 4.78 is 44.0. The van der Waals surface area contributed by atoms with Crippen molar-refractivity contribution in [3.8, 4) is 11.1 Å². The average Bonchev–Trinajstić information content (AvgIpc) is 3.98. The summed E-state index contributed by atoms with van der Waals surface area (Å²) >= 11 is 6.33. The van der Waals surface area contributed by atoms with Crippen molar-refractivity contribution in [2.45, 2.75) is 49.6 Å². The van der Waals surface area contributed by atoms with Gasteiger partial charge in [0.1, 0.15) is 12.6 Å². The normalized spacial score (nSPS) is 21.1. The van der Waals surface area contributed by atoms with E-state index in [0.29, 0.717) is 42.8 Å². The molecule has 2 saturated carbocycles. The van der Waals surface area contributed by atoms with Crippen LogP contribution in [-0.2, 0) is 26.2 Å². The first-order valence-electron chi connectivity index (χ1n) is 16.4. The largest absolute Gasteiger partial charge is 0.364 e. The van der Waals surface area contributed by atoms with E-state index >= 15 is 4.39 Å². The Morgan fingerprint density at radius 3 is 2.45 bits per heavy atom. The topological polar surface area (TPSA) is 177 Å². The van der Waals surface area contributed by atoms with Gasteiger partial charge in [-0.3, -0.25) is 23.9 Å². The number of carbonyl (C=O) groups excluding carboxylic acids is 4. The van der Waals surface area contributed by atoms with Gasteiger partial charge in [-0.2, -0.15) is 5.10 Å². The number of fused-ring (bicyclic) bond motifs is 2. The van der Waals surface area contributed by atoms with Crippen molar-refractivity contribution in [2.75, 3.05) is 26.0 Å². The van der Waals surface area contributed by atoms with Crippen LogP contribution in [0.25, 0.3) is 22.0 Å². The van der Waals surface area contributed by atoms with Crippen LogP contribution >= 0.6 is 11.6 Å². The molecule has 3 aromatic carbocycles. The lowest BCUT2D eigenvalue weighted by Crippen LogP contribution is -2.46. The van der Waals surface area contributed by atoms with E-state index in [1.165, 1.54) is 33.8 Å². The highest BCUT2D eigenvalue weighted by atomic mass is 35.5. The van der Waals surface area contributed by atoms with Crippen LogP contribution in [0.4, 0.5) is 10.1 Å². The van der Waals surface area contributed by atoms with Crippen LogP contribution in [0.3, 0.4) is 0 Å². The number of carbonyl (C=O) groups is 4. The number of aromatic nitrogens is 2. The maximum absolute atomic E-state index is 15.8. The lowest BCUT2D eigenvalue weighted by atomic mass is 9.98. The first-order valence-corrected chi connectivity index (χ1v) is 18.3. The number of hydrogen-bond donors (Lipinski definition) is 3. The second kappa shape index (κ2) is 12.7. The number of rotatable bonds is 11. The van der Waals surface area contributed by atoms with E-state index in [9.17, 15) is 27.6 Å². The summed E-state index contributed by atoms with van der Waals surface area (Å²) in [6.07, 6.45) is 1.93. The Balaban J connectivity index is 1.18. The summed E-state index contributed by atoms with van der Waals surface area (Å²) in [5.41, 5.74) is 5.87. The maximum atomic E-state index is 15.8. The minimum Gasteiger partial charge on any atom is -0.364 e. The molecule has 4 aromatic rings. The molecule has 51 heavy (non-hydrogen) atoms. The van der Waals surface area contributed by atoms with E-state index in [1.54, 1.807) is 36.4 Å². The number of sulfonamides is 1. The number of nitrogens with one attached hydrogen (secondary N) is 2. The Labute approximate surface area is 297 Å². The number of amides is 4. The first kappa shape index (κ1) is 34.6. The van der Waals surface area contributed by atoms with Crippen LogP contribution in [-0.4, -0.2) is 89.6 Å². The summed E-state index contributed by atoms with van der Waals surface area (Å²) in [5, 5.41) is 6.97. The molecule has 3 aliphatic rings. The lowest BCUT2D eigenvalue weighted by Gasteiger charge is -2.27. The van der Waals surface area contributed by atoms with Crippen LogP contribution in [0.1, 0.15) is 46.5 Å². The number of hydrogen-bond acceptors (Lipinski definition) is 8. The third-order valence-electron chi connectivity index (χ3n) is 9.79. The molecule has 4 N–H and O–H groups in total. The summed E-state index contributed by atoms with van der Waals surface area (Å²) in [6, 6.07) is 14.3. The Kier molecular flexibility index (Phi) is 8.63. The molecular weight excluding hydrogens is 701 g/mol. The second-order valence-corrected chi connectivity index (χ2v) is 16.1. The van der Waals surface area contributed by atoms with Gasteiger partial charge in [-0.15, -0.1) is 0 Å². The third kappa shape index (κ3) is 6.45. The molecule has 7 rings (SSSR count). The third-order valence-corrected chi connectivity index (χ3v) is 11.9. The molecule has 3 fully saturated rings. The fraction of sp³-hybridized carbons (Fsp3) is 0.343. The minimum absolute atomic E-state index is 0.0250. The average molecular weight is 736 g/mol. The van der Waals surface area contributed by atoms with Crippen molar-refractivity contribution in [1.82, 2.24) is 24.3 Å². The molecule has 2 aliphatic carbocycles. The standard InChI is InChI=1S/C35H35ClFN7O6S/c1-42(2)18-35-15-27(34(48)39-25-9-5-7-22(30(25)37)21-6-3-4-8-24(21)36)44(28(35)16-35)29(45)17-43-26-14-19(10-13-23(26)31(40-43)32(38)46)33(47)41-51(49,50)20-11-12-20/h3-10,13-14,20,27-28H,11-12,15-18H2,1-2H3,(H2,38,46)(H,39,48)(H,41,47)/t27-,28-,35+/m0/s1. The number of halogens is 2. The van der Waals surface area contributed by atoms with Crippen LogP contribution in [0, 0.1) is 11.2 Å². The van der Waals surface area contributed by atoms with Crippen molar-refractivity contribution < 1.29 is 32.0 Å². The van der Waals surface area contributed by atoms with Gasteiger partial charge in [0.25, 0.3) is 11.8 Å². The molecule has 13 nitrogen and oxygen atoms in total. The smallest absolute Gasteiger partial charge is 0.269 e. The van der Waals surface area contributed by atoms with Gasteiger partial charge in [-0.1, -0.05) is 41.9 Å². The Bertz CT molecular complexity index is 2240. The first-order chi connectivity index (χ1) is 24.2. The Morgan fingerprint density at radius 2 is 1.76 bits per heavy atom. The maximum Gasteiger partial charge on any atom is 0.269 e. The summed E-state index contributed by atoms with van der Waals surface area (Å²) in [4.78, 5) is 56.9. The fourth-order valence-corrected chi connectivity index (χ4v) is 8.82. The number of benzene rings is 3. The van der Waals surface area contributed by atoms with Crippen LogP contribution in [0.2, 0.25) is 5.02 Å². The summed E-state index contributed by atoms with van der Waals surface area (Å²) in [7, 11) is -0.0244. The molecule has 0 radical (unpaired) electrons. The van der Waals surface area contributed by atoms with E-state index in [0.717, 1.165) is 0 Å². The highest BCUT2D eigenvalue weighted by molar-refractivity contribution is 7.91. The number of likely N-dealkylation sites (tertiary alicyclic amines) is 1. The molecule has 266 valence electrons. The number of anilines is 1. The van der Waals surface area contributed by atoms with Gasteiger partial charge in [0.05, 0.1) is 16.5 Å². The SMILES string of the molecule is CN(C)C[C@@]12C[C@@H]1N(C(=O)Cn1nc(C(N)=O)c3ccc(C(=O)NS(=O)(=O)C4CC4)cc31)[C@H](C(=O)Nc1cccc(-c3ccccc3Cl)c1F)C2. The Hall–Kier alpha value is -4.86. The lowest BCUT2D eigenvalue weighted by molar-refractivity contribution is -0.138. The molecule has 2 heterocycles. The fourth-order valence-electron chi connectivity index (χ4n) is 7.28. The van der Waals surface area contributed by atoms with Gasteiger partial charge in [-0.25, -0.2) is 17.5 Å². The van der Waals surface area contributed by atoms with Gasteiger partial charge in [0.2, 0.25) is 21.8 Å². The van der Waals surface area contributed by atoms with Crippen molar-refractivity contribution >= 4 is 61.8 Å². The van der Waals surface area contributed by atoms with E-state index in [1.807, 2.05) is 19.0 Å². The van der Waals surface area contributed by atoms with Crippen molar-refractivity contribution in [3.63, 3.8) is 0 Å². The molecule has 0 bridgehead atoms. The van der Waals surface area contributed by atoms with Gasteiger partial charge < -0.3 is 20.9 Å². The highest BCUT2D eigenvalue weighted by Gasteiger charge is 2.67. The summed E-state index contributed by atoms with van der Waals surface area (Å²) in [5.74, 6) is -3.46. The van der Waals surface area contributed by atoms with Gasteiger partial charge in [0.15, 0.2) is 11.5 Å². The van der Waals surface area contributed by atoms with Crippen LogP contribution in [0.15, 0.2) is 60.7 Å². The van der Waals surface area contributed by atoms with Crippen molar-refractivity contribution in [2.24, 2.45) is 11.1 Å². The number of nitrogens with two attached hydrogens (primary N) is 1. The molecule has 1 aromatic heterocycles. The van der Waals surface area contributed by atoms with E-state index < -0.39 is 57.3 Å². The van der Waals surface area contributed by atoms with Crippen molar-refractivity contribution in [1.29, 1.82) is 0 Å². The van der Waals surface area contributed by atoms with E-state index in [4.69, 9.17) is 17.3 Å². The monoisotopic (exact) mass is 735 g/mol. The minimum atomic E-state index is -3.84. The predicted octanol–water partition coefficient (Wildman–Crippen LogP) is 3.38. The molecule has 3 atom stereocenters. The number of primary amides is 1. The molecule has 1 saturated heterocycles. The quantitative estimate of drug-likeness (QED) is 0.210. The Morgan fingerprint density at radius 1 is 1.04 bits per heavy atom. The number of nitrogens with zero attached hydrogens (tertiary/aromatic N) is 4. The van der Waals surface area contributed by atoms with Crippen LogP contribution < -0.4 is 15.8 Å². The summed E-state index contributed by atoms with van der Waals surface area (Å²) in [6.45, 7) is 0.185. The molecule has 0 unspecified atom stereocenters. The van der Waals surface area contributed by atoms with Crippen LogP contribution in [0.5, 0.6) is 0 Å². The molecule has 1 aliphatic heterocycles. The van der Waals surface area contributed by atoms with Gasteiger partial charge in [0, 0.05) is 45.1 Å². The van der Waals surface area contributed by atoms with Gasteiger partial charge >= 0.3 is 0 Å². The zero-order valence-corrected chi connectivity index (χ0v) is 29.3.